The molecule has 0 radical (unpaired) electrons. The molecule has 0 fully saturated rings. The fourth-order valence-corrected chi connectivity index (χ4v) is 0.889. The lowest BCUT2D eigenvalue weighted by molar-refractivity contribution is 0.902. The lowest BCUT2D eigenvalue weighted by atomic mass is 10.2. The van der Waals surface area contributed by atoms with Gasteiger partial charge >= 0.3 is 0 Å². The van der Waals surface area contributed by atoms with Crippen molar-refractivity contribution in [2.75, 3.05) is 0 Å². The molecule has 5 nitrogen and oxygen atoms in total. The van der Waals surface area contributed by atoms with Crippen LogP contribution in [0.3, 0.4) is 0 Å². The Morgan fingerprint density at radius 1 is 1.36 bits per heavy atom. The second kappa shape index (κ2) is 2.53. The van der Waals surface area contributed by atoms with E-state index in [1.54, 1.807) is 12.4 Å². The van der Waals surface area contributed by atoms with Crippen LogP contribution in [0, 0.1) is 0 Å². The maximum absolute atomic E-state index is 3.91. The number of aromatic nitrogens is 5. The van der Waals surface area contributed by atoms with Crippen LogP contribution >= 0.6 is 0 Å². The van der Waals surface area contributed by atoms with Crippen LogP contribution in [0.1, 0.15) is 11.4 Å². The van der Waals surface area contributed by atoms with Crippen LogP contribution in [0.2, 0.25) is 0 Å². The highest BCUT2D eigenvalue weighted by molar-refractivity contribution is 5.08. The van der Waals surface area contributed by atoms with Gasteiger partial charge in [-0.2, -0.15) is 20.5 Å². The standard InChI is InChI=1S/C6H7N5/c1-2-7-9-5(1)3-6-4-8-11-10-6/h1-2,4H,3H2,(H,7,9)(H,8,10,11). The molecule has 2 aromatic rings. The number of nitrogens with zero attached hydrogens (tertiary/aromatic N) is 3. The Morgan fingerprint density at radius 3 is 3.00 bits per heavy atom. The monoisotopic (exact) mass is 149 g/mol. The van der Waals surface area contributed by atoms with Gasteiger partial charge in [-0.15, -0.1) is 0 Å². The first kappa shape index (κ1) is 6.09. The summed E-state index contributed by atoms with van der Waals surface area (Å²) in [5.41, 5.74) is 1.95. The summed E-state index contributed by atoms with van der Waals surface area (Å²) in [4.78, 5) is 0. The van der Waals surface area contributed by atoms with Crippen LogP contribution in [0.5, 0.6) is 0 Å². The van der Waals surface area contributed by atoms with Crippen molar-refractivity contribution in [3.63, 3.8) is 0 Å². The Hall–Kier alpha value is -1.65. The van der Waals surface area contributed by atoms with Crippen molar-refractivity contribution in [3.8, 4) is 0 Å². The fraction of sp³-hybridized carbons (Fsp3) is 0.167. The second-order valence-corrected chi connectivity index (χ2v) is 2.22. The average Bonchev–Trinajstić information content (AvgIpc) is 2.60. The van der Waals surface area contributed by atoms with E-state index in [-0.39, 0.29) is 0 Å². The molecular formula is C6H7N5. The average molecular weight is 149 g/mol. The van der Waals surface area contributed by atoms with E-state index in [0.717, 1.165) is 17.8 Å². The molecule has 2 aromatic heterocycles. The largest absolute Gasteiger partial charge is 0.282 e. The zero-order valence-electron chi connectivity index (χ0n) is 5.78. The first-order chi connectivity index (χ1) is 5.45. The summed E-state index contributed by atoms with van der Waals surface area (Å²) in [7, 11) is 0. The lowest BCUT2D eigenvalue weighted by Gasteiger charge is -1.87. The lowest BCUT2D eigenvalue weighted by Crippen LogP contribution is -1.88. The van der Waals surface area contributed by atoms with Gasteiger partial charge in [-0.3, -0.25) is 5.10 Å². The Labute approximate surface area is 62.8 Å². The highest BCUT2D eigenvalue weighted by Gasteiger charge is 1.98. The molecule has 0 saturated carbocycles. The number of aromatic amines is 2. The first-order valence-corrected chi connectivity index (χ1v) is 3.28. The molecule has 11 heavy (non-hydrogen) atoms. The minimum atomic E-state index is 0.747. The van der Waals surface area contributed by atoms with Crippen LogP contribution in [-0.4, -0.2) is 25.6 Å². The summed E-state index contributed by atoms with van der Waals surface area (Å²) in [6, 6.07) is 1.91. The second-order valence-electron chi connectivity index (χ2n) is 2.22. The molecule has 0 amide bonds. The number of hydrogen-bond acceptors (Lipinski definition) is 3. The summed E-state index contributed by atoms with van der Waals surface area (Å²) in [5.74, 6) is 0. The zero-order chi connectivity index (χ0) is 7.52. The third-order valence-corrected chi connectivity index (χ3v) is 1.39. The van der Waals surface area contributed by atoms with E-state index in [1.807, 2.05) is 6.07 Å². The van der Waals surface area contributed by atoms with Gasteiger partial charge in [0.05, 0.1) is 11.9 Å². The number of H-pyrrole nitrogens is 2. The molecule has 56 valence electrons. The molecule has 0 aliphatic rings. The molecule has 5 heteroatoms. The topological polar surface area (TPSA) is 70.2 Å². The van der Waals surface area contributed by atoms with Crippen molar-refractivity contribution in [3.05, 3.63) is 29.8 Å². The summed E-state index contributed by atoms with van der Waals surface area (Å²) in [6.07, 6.45) is 4.16. The molecule has 0 atom stereocenters. The molecule has 0 aliphatic heterocycles. The number of rotatable bonds is 2. The van der Waals surface area contributed by atoms with Crippen molar-refractivity contribution in [1.82, 2.24) is 25.6 Å². The van der Waals surface area contributed by atoms with E-state index in [4.69, 9.17) is 0 Å². The third kappa shape index (κ3) is 1.26. The molecule has 0 aromatic carbocycles. The van der Waals surface area contributed by atoms with Gasteiger partial charge < -0.3 is 0 Å². The molecular weight excluding hydrogens is 142 g/mol. The zero-order valence-corrected chi connectivity index (χ0v) is 5.78. The smallest absolute Gasteiger partial charge is 0.0883 e. The van der Waals surface area contributed by atoms with Gasteiger partial charge in [0.15, 0.2) is 0 Å². The highest BCUT2D eigenvalue weighted by atomic mass is 15.3. The Balaban J connectivity index is 2.14. The maximum Gasteiger partial charge on any atom is 0.0883 e. The van der Waals surface area contributed by atoms with Crippen molar-refractivity contribution < 1.29 is 0 Å². The molecule has 2 rings (SSSR count). The van der Waals surface area contributed by atoms with Gasteiger partial charge in [0, 0.05) is 18.3 Å². The molecule has 2 N–H and O–H groups in total. The number of hydrogen-bond donors (Lipinski definition) is 2. The van der Waals surface area contributed by atoms with Crippen LogP contribution in [0.25, 0.3) is 0 Å². The number of nitrogens with one attached hydrogen (secondary N) is 2. The summed E-state index contributed by atoms with van der Waals surface area (Å²) in [5, 5.41) is 16.8. The summed E-state index contributed by atoms with van der Waals surface area (Å²) < 4.78 is 0. The van der Waals surface area contributed by atoms with Crippen molar-refractivity contribution in [2.24, 2.45) is 0 Å². The Bertz CT molecular complexity index is 263. The van der Waals surface area contributed by atoms with Gasteiger partial charge in [0.25, 0.3) is 0 Å². The Kier molecular flexibility index (Phi) is 1.40. The third-order valence-electron chi connectivity index (χ3n) is 1.39. The van der Waals surface area contributed by atoms with Crippen molar-refractivity contribution in [1.29, 1.82) is 0 Å². The fourth-order valence-electron chi connectivity index (χ4n) is 0.889. The van der Waals surface area contributed by atoms with Crippen LogP contribution in [-0.2, 0) is 6.42 Å². The first-order valence-electron chi connectivity index (χ1n) is 3.28. The molecule has 0 saturated heterocycles. The van der Waals surface area contributed by atoms with E-state index < -0.39 is 0 Å². The van der Waals surface area contributed by atoms with Gasteiger partial charge in [-0.05, 0) is 6.07 Å². The van der Waals surface area contributed by atoms with Gasteiger partial charge in [-0.1, -0.05) is 0 Å². The summed E-state index contributed by atoms with van der Waals surface area (Å²) in [6.45, 7) is 0. The molecule has 0 unspecified atom stereocenters. The minimum Gasteiger partial charge on any atom is -0.282 e. The van der Waals surface area contributed by atoms with E-state index >= 15 is 0 Å². The van der Waals surface area contributed by atoms with Gasteiger partial charge in [0.1, 0.15) is 0 Å². The molecule has 2 heterocycles. The SMILES string of the molecule is c1cc(Cc2cn[nH]n2)[nH]n1. The van der Waals surface area contributed by atoms with Crippen molar-refractivity contribution >= 4 is 0 Å². The van der Waals surface area contributed by atoms with E-state index in [0.29, 0.717) is 0 Å². The van der Waals surface area contributed by atoms with E-state index in [9.17, 15) is 0 Å². The molecule has 0 spiro atoms. The van der Waals surface area contributed by atoms with E-state index in [1.165, 1.54) is 0 Å². The summed E-state index contributed by atoms with van der Waals surface area (Å²) >= 11 is 0. The normalized spacial score (nSPS) is 10.2. The quantitative estimate of drug-likeness (QED) is 0.637. The predicted molar refractivity (Wildman–Crippen MR) is 37.8 cm³/mol. The maximum atomic E-state index is 3.91. The highest BCUT2D eigenvalue weighted by Crippen LogP contribution is 1.99. The van der Waals surface area contributed by atoms with Gasteiger partial charge in [0.2, 0.25) is 0 Å². The van der Waals surface area contributed by atoms with E-state index in [2.05, 4.69) is 25.6 Å². The minimum absolute atomic E-state index is 0.747. The van der Waals surface area contributed by atoms with Crippen LogP contribution in [0.15, 0.2) is 18.5 Å². The van der Waals surface area contributed by atoms with Crippen LogP contribution < -0.4 is 0 Å². The van der Waals surface area contributed by atoms with Crippen molar-refractivity contribution in [2.45, 2.75) is 6.42 Å². The molecule has 0 aliphatic carbocycles. The molecule has 0 bridgehead atoms. The predicted octanol–water partition coefficient (Wildman–Crippen LogP) is 0.119. The van der Waals surface area contributed by atoms with Crippen LogP contribution in [0.4, 0.5) is 0 Å². The Morgan fingerprint density at radius 2 is 2.36 bits per heavy atom. The van der Waals surface area contributed by atoms with Gasteiger partial charge in [-0.25, -0.2) is 0 Å².